The van der Waals surface area contributed by atoms with Crippen molar-refractivity contribution in [3.05, 3.63) is 34.9 Å². The highest BCUT2D eigenvalue weighted by Gasteiger charge is 2.25. The van der Waals surface area contributed by atoms with Crippen LogP contribution < -0.4 is 5.32 Å². The maximum Gasteiger partial charge on any atom is 0.0590 e. The zero-order valence-corrected chi connectivity index (χ0v) is 10.2. The molecule has 2 rings (SSSR count). The van der Waals surface area contributed by atoms with Crippen molar-refractivity contribution in [1.29, 1.82) is 0 Å². The molecule has 16 heavy (non-hydrogen) atoms. The third kappa shape index (κ3) is 2.45. The first-order chi connectivity index (χ1) is 7.70. The van der Waals surface area contributed by atoms with Crippen molar-refractivity contribution in [2.24, 2.45) is 0 Å². The van der Waals surface area contributed by atoms with Crippen LogP contribution in [0.3, 0.4) is 0 Å². The average molecular weight is 219 g/mol. The summed E-state index contributed by atoms with van der Waals surface area (Å²) >= 11 is 0. The molecule has 0 amide bonds. The van der Waals surface area contributed by atoms with Crippen LogP contribution in [0.5, 0.6) is 0 Å². The normalized spacial score (nSPS) is 25.7. The SMILES string of the molecule is Cc1cc(C)cc(C2CCCNC2CO)c1. The molecule has 1 aromatic carbocycles. The molecule has 2 atom stereocenters. The van der Waals surface area contributed by atoms with Crippen molar-refractivity contribution in [3.63, 3.8) is 0 Å². The summed E-state index contributed by atoms with van der Waals surface area (Å²) in [6, 6.07) is 6.95. The van der Waals surface area contributed by atoms with E-state index in [9.17, 15) is 5.11 Å². The number of piperidine rings is 1. The molecular formula is C14H21NO. The number of rotatable bonds is 2. The van der Waals surface area contributed by atoms with Gasteiger partial charge in [-0.05, 0) is 38.8 Å². The van der Waals surface area contributed by atoms with E-state index in [0.717, 1.165) is 6.54 Å². The fourth-order valence-electron chi connectivity index (χ4n) is 2.77. The smallest absolute Gasteiger partial charge is 0.0590 e. The van der Waals surface area contributed by atoms with Crippen molar-refractivity contribution >= 4 is 0 Å². The van der Waals surface area contributed by atoms with Crippen LogP contribution in [0.2, 0.25) is 0 Å². The molecule has 1 aliphatic heterocycles. The maximum absolute atomic E-state index is 9.40. The first-order valence-electron chi connectivity index (χ1n) is 6.13. The van der Waals surface area contributed by atoms with Gasteiger partial charge in [0.1, 0.15) is 0 Å². The zero-order chi connectivity index (χ0) is 11.5. The van der Waals surface area contributed by atoms with E-state index in [0.29, 0.717) is 5.92 Å². The second-order valence-corrected chi connectivity index (χ2v) is 4.91. The van der Waals surface area contributed by atoms with Gasteiger partial charge in [-0.2, -0.15) is 0 Å². The second kappa shape index (κ2) is 4.98. The lowest BCUT2D eigenvalue weighted by molar-refractivity contribution is 0.202. The van der Waals surface area contributed by atoms with Gasteiger partial charge in [0.2, 0.25) is 0 Å². The molecule has 1 aliphatic rings. The van der Waals surface area contributed by atoms with Crippen LogP contribution in [0.1, 0.15) is 35.4 Å². The predicted molar refractivity (Wildman–Crippen MR) is 66.8 cm³/mol. The highest BCUT2D eigenvalue weighted by Crippen LogP contribution is 2.29. The average Bonchev–Trinajstić information content (AvgIpc) is 2.27. The molecule has 2 unspecified atom stereocenters. The van der Waals surface area contributed by atoms with Crippen molar-refractivity contribution in [2.45, 2.75) is 38.6 Å². The number of benzene rings is 1. The minimum atomic E-state index is 0.231. The van der Waals surface area contributed by atoms with Crippen LogP contribution in [-0.2, 0) is 0 Å². The molecule has 0 spiro atoms. The lowest BCUT2D eigenvalue weighted by Crippen LogP contribution is -2.42. The van der Waals surface area contributed by atoms with Crippen molar-refractivity contribution in [3.8, 4) is 0 Å². The summed E-state index contributed by atoms with van der Waals surface area (Å²) in [7, 11) is 0. The van der Waals surface area contributed by atoms with Crippen LogP contribution >= 0.6 is 0 Å². The number of aliphatic hydroxyl groups excluding tert-OH is 1. The van der Waals surface area contributed by atoms with Gasteiger partial charge in [0.15, 0.2) is 0 Å². The van der Waals surface area contributed by atoms with E-state index >= 15 is 0 Å². The van der Waals surface area contributed by atoms with Gasteiger partial charge in [-0.1, -0.05) is 29.3 Å². The maximum atomic E-state index is 9.40. The number of hydrogen-bond donors (Lipinski definition) is 2. The van der Waals surface area contributed by atoms with Crippen molar-refractivity contribution in [1.82, 2.24) is 5.32 Å². The van der Waals surface area contributed by atoms with Gasteiger partial charge < -0.3 is 10.4 Å². The quantitative estimate of drug-likeness (QED) is 0.798. The molecule has 2 N–H and O–H groups in total. The van der Waals surface area contributed by atoms with Gasteiger partial charge in [0.25, 0.3) is 0 Å². The van der Waals surface area contributed by atoms with Gasteiger partial charge in [0, 0.05) is 12.0 Å². The lowest BCUT2D eigenvalue weighted by atomic mass is 9.84. The molecule has 1 fully saturated rings. The molecule has 2 heteroatoms. The largest absolute Gasteiger partial charge is 0.395 e. The summed E-state index contributed by atoms with van der Waals surface area (Å²) in [6.45, 7) is 5.55. The molecule has 1 aromatic rings. The van der Waals surface area contributed by atoms with Crippen LogP contribution in [0.25, 0.3) is 0 Å². The van der Waals surface area contributed by atoms with Gasteiger partial charge >= 0.3 is 0 Å². The highest BCUT2D eigenvalue weighted by atomic mass is 16.3. The lowest BCUT2D eigenvalue weighted by Gasteiger charge is -2.32. The Balaban J connectivity index is 2.26. The van der Waals surface area contributed by atoms with E-state index in [4.69, 9.17) is 0 Å². The van der Waals surface area contributed by atoms with E-state index in [1.165, 1.54) is 29.5 Å². The molecule has 0 aromatic heterocycles. The van der Waals surface area contributed by atoms with Crippen LogP contribution in [0.15, 0.2) is 18.2 Å². The van der Waals surface area contributed by atoms with Crippen molar-refractivity contribution in [2.75, 3.05) is 13.2 Å². The Bertz CT molecular complexity index is 342. The number of aliphatic hydroxyl groups is 1. The summed E-state index contributed by atoms with van der Waals surface area (Å²) in [5.74, 6) is 0.470. The van der Waals surface area contributed by atoms with Gasteiger partial charge in [-0.3, -0.25) is 0 Å². The molecule has 88 valence electrons. The number of nitrogens with one attached hydrogen (secondary N) is 1. The summed E-state index contributed by atoms with van der Waals surface area (Å²) in [5, 5.41) is 12.8. The minimum Gasteiger partial charge on any atom is -0.395 e. The Hall–Kier alpha value is -0.860. The molecule has 0 bridgehead atoms. The highest BCUT2D eigenvalue weighted by molar-refractivity contribution is 5.32. The summed E-state index contributed by atoms with van der Waals surface area (Å²) in [4.78, 5) is 0. The Kier molecular flexibility index (Phi) is 3.62. The number of aryl methyl sites for hydroxylation is 2. The Morgan fingerprint density at radius 1 is 1.25 bits per heavy atom. The zero-order valence-electron chi connectivity index (χ0n) is 10.2. The van der Waals surface area contributed by atoms with Crippen LogP contribution in [0, 0.1) is 13.8 Å². The van der Waals surface area contributed by atoms with E-state index in [2.05, 4.69) is 37.4 Å². The number of hydrogen-bond acceptors (Lipinski definition) is 2. The van der Waals surface area contributed by atoms with Crippen LogP contribution in [-0.4, -0.2) is 24.3 Å². The third-order valence-corrected chi connectivity index (χ3v) is 3.45. The molecule has 0 aliphatic carbocycles. The van der Waals surface area contributed by atoms with Crippen LogP contribution in [0.4, 0.5) is 0 Å². The fourth-order valence-corrected chi connectivity index (χ4v) is 2.77. The summed E-state index contributed by atoms with van der Waals surface area (Å²) in [5.41, 5.74) is 4.01. The van der Waals surface area contributed by atoms with E-state index in [1.54, 1.807) is 0 Å². The fraction of sp³-hybridized carbons (Fsp3) is 0.571. The Labute approximate surface area is 97.7 Å². The summed E-state index contributed by atoms with van der Waals surface area (Å²) in [6.07, 6.45) is 2.38. The molecule has 0 radical (unpaired) electrons. The predicted octanol–water partition coefficient (Wildman–Crippen LogP) is 2.13. The Morgan fingerprint density at radius 2 is 1.94 bits per heavy atom. The topological polar surface area (TPSA) is 32.3 Å². The molecular weight excluding hydrogens is 198 g/mol. The standard InChI is InChI=1S/C14H21NO/c1-10-6-11(2)8-12(7-10)13-4-3-5-15-14(13)9-16/h6-8,13-16H,3-5,9H2,1-2H3. The van der Waals surface area contributed by atoms with E-state index in [1.807, 2.05) is 0 Å². The van der Waals surface area contributed by atoms with Gasteiger partial charge in [-0.25, -0.2) is 0 Å². The molecule has 2 nitrogen and oxygen atoms in total. The summed E-state index contributed by atoms with van der Waals surface area (Å²) < 4.78 is 0. The monoisotopic (exact) mass is 219 g/mol. The van der Waals surface area contributed by atoms with E-state index in [-0.39, 0.29) is 12.6 Å². The molecule has 0 saturated carbocycles. The Morgan fingerprint density at radius 3 is 2.56 bits per heavy atom. The first-order valence-corrected chi connectivity index (χ1v) is 6.13. The second-order valence-electron chi connectivity index (χ2n) is 4.91. The third-order valence-electron chi connectivity index (χ3n) is 3.45. The van der Waals surface area contributed by atoms with E-state index < -0.39 is 0 Å². The molecule has 1 saturated heterocycles. The van der Waals surface area contributed by atoms with Gasteiger partial charge in [0.05, 0.1) is 6.61 Å². The van der Waals surface area contributed by atoms with Crippen molar-refractivity contribution < 1.29 is 5.11 Å². The molecule has 1 heterocycles. The van der Waals surface area contributed by atoms with Gasteiger partial charge in [-0.15, -0.1) is 0 Å². The minimum absolute atomic E-state index is 0.231. The first kappa shape index (κ1) is 11.6.